The van der Waals surface area contributed by atoms with Gasteiger partial charge in [0.25, 0.3) is 0 Å². The zero-order valence-electron chi connectivity index (χ0n) is 14.3. The third kappa shape index (κ3) is 3.67. The van der Waals surface area contributed by atoms with Gasteiger partial charge in [-0.3, -0.25) is 0 Å². The highest BCUT2D eigenvalue weighted by Gasteiger charge is 2.30. The van der Waals surface area contributed by atoms with E-state index in [2.05, 4.69) is 4.98 Å². The molecule has 0 amide bonds. The van der Waals surface area contributed by atoms with Gasteiger partial charge in [-0.05, 0) is 18.2 Å². The van der Waals surface area contributed by atoms with E-state index in [0.29, 0.717) is 66.8 Å². The van der Waals surface area contributed by atoms with Crippen LogP contribution in [0.25, 0.3) is 0 Å². The number of ether oxygens (including phenoxy) is 2. The van der Waals surface area contributed by atoms with E-state index in [4.69, 9.17) is 32.7 Å². The lowest BCUT2D eigenvalue weighted by molar-refractivity contribution is 0.171. The highest BCUT2D eigenvalue weighted by molar-refractivity contribution is 7.89. The van der Waals surface area contributed by atoms with E-state index in [-0.39, 0.29) is 4.90 Å². The Morgan fingerprint density at radius 3 is 2.37 bits per heavy atom. The largest absolute Gasteiger partial charge is 0.486 e. The lowest BCUT2D eigenvalue weighted by Crippen LogP contribution is -2.49. The van der Waals surface area contributed by atoms with Crippen LogP contribution in [0.5, 0.6) is 11.5 Å². The van der Waals surface area contributed by atoms with Crippen molar-refractivity contribution in [2.75, 3.05) is 44.3 Å². The van der Waals surface area contributed by atoms with Crippen molar-refractivity contribution >= 4 is 39.0 Å². The smallest absolute Gasteiger partial charge is 0.243 e. The Kier molecular flexibility index (Phi) is 5.07. The first-order valence-electron chi connectivity index (χ1n) is 8.41. The van der Waals surface area contributed by atoms with Crippen molar-refractivity contribution in [2.24, 2.45) is 0 Å². The van der Waals surface area contributed by atoms with Gasteiger partial charge < -0.3 is 14.4 Å². The van der Waals surface area contributed by atoms with Crippen LogP contribution in [0.15, 0.2) is 35.4 Å². The van der Waals surface area contributed by atoms with Crippen LogP contribution in [0.1, 0.15) is 0 Å². The number of rotatable bonds is 3. The number of fused-ring (bicyclic) bond motifs is 1. The fraction of sp³-hybridized carbons (Fsp3) is 0.353. The van der Waals surface area contributed by atoms with Crippen molar-refractivity contribution in [2.45, 2.75) is 4.90 Å². The summed E-state index contributed by atoms with van der Waals surface area (Å²) in [5.74, 6) is 1.63. The second-order valence-electron chi connectivity index (χ2n) is 6.16. The summed E-state index contributed by atoms with van der Waals surface area (Å²) in [4.78, 5) is 6.41. The maximum Gasteiger partial charge on any atom is 0.243 e. The molecule has 7 nitrogen and oxygen atoms in total. The molecule has 0 atom stereocenters. The highest BCUT2D eigenvalue weighted by atomic mass is 35.5. The normalized spacial score (nSPS) is 17.8. The molecule has 1 fully saturated rings. The first-order valence-corrected chi connectivity index (χ1v) is 10.6. The van der Waals surface area contributed by atoms with Gasteiger partial charge in [-0.2, -0.15) is 4.31 Å². The number of nitrogens with zero attached hydrogens (tertiary/aromatic N) is 3. The van der Waals surface area contributed by atoms with Crippen molar-refractivity contribution in [3.8, 4) is 11.5 Å². The molecule has 1 aromatic carbocycles. The minimum Gasteiger partial charge on any atom is -0.486 e. The number of anilines is 1. The second kappa shape index (κ2) is 7.35. The summed E-state index contributed by atoms with van der Waals surface area (Å²) in [5, 5.41) is 0.911. The lowest BCUT2D eigenvalue weighted by Gasteiger charge is -2.35. The Morgan fingerprint density at radius 1 is 0.963 bits per heavy atom. The first-order chi connectivity index (χ1) is 12.9. The number of halogens is 2. The molecule has 4 rings (SSSR count). The van der Waals surface area contributed by atoms with Crippen molar-refractivity contribution in [3.63, 3.8) is 0 Å². The molecule has 0 saturated carbocycles. The van der Waals surface area contributed by atoms with E-state index < -0.39 is 10.0 Å². The number of hydrogen-bond acceptors (Lipinski definition) is 6. The third-order valence-corrected chi connectivity index (χ3v) is 6.86. The van der Waals surface area contributed by atoms with E-state index in [0.717, 1.165) is 0 Å². The minimum atomic E-state index is -3.62. The SMILES string of the molecule is O=S(=O)(c1ccc2c(c1)OCCO2)N1CCN(c2ncc(Cl)cc2Cl)CC1. The Labute approximate surface area is 167 Å². The number of hydrogen-bond donors (Lipinski definition) is 0. The van der Waals surface area contributed by atoms with E-state index in [9.17, 15) is 8.42 Å². The minimum absolute atomic E-state index is 0.197. The number of aromatic nitrogens is 1. The summed E-state index contributed by atoms with van der Waals surface area (Å²) in [6, 6.07) is 6.33. The Balaban J connectivity index is 1.50. The first kappa shape index (κ1) is 18.6. The van der Waals surface area contributed by atoms with Gasteiger partial charge in [0.2, 0.25) is 10.0 Å². The van der Waals surface area contributed by atoms with E-state index >= 15 is 0 Å². The molecular weight excluding hydrogens is 413 g/mol. The molecule has 0 spiro atoms. The molecule has 0 aliphatic carbocycles. The third-order valence-electron chi connectivity index (χ3n) is 4.48. The number of benzene rings is 1. The molecule has 2 aliphatic heterocycles. The molecule has 2 aromatic rings. The summed E-state index contributed by atoms with van der Waals surface area (Å²) >= 11 is 12.1. The molecule has 3 heterocycles. The van der Waals surface area contributed by atoms with Crippen LogP contribution >= 0.6 is 23.2 Å². The lowest BCUT2D eigenvalue weighted by atomic mass is 10.3. The van der Waals surface area contributed by atoms with Crippen molar-refractivity contribution < 1.29 is 17.9 Å². The molecule has 0 bridgehead atoms. The zero-order chi connectivity index (χ0) is 19.0. The second-order valence-corrected chi connectivity index (χ2v) is 8.94. The molecule has 144 valence electrons. The molecular formula is C17H17Cl2N3O4S. The summed E-state index contributed by atoms with van der Waals surface area (Å²) in [6.07, 6.45) is 1.53. The Bertz CT molecular complexity index is 963. The van der Waals surface area contributed by atoms with Crippen LogP contribution in [-0.4, -0.2) is 57.1 Å². The fourth-order valence-electron chi connectivity index (χ4n) is 3.11. The average molecular weight is 430 g/mol. The van der Waals surface area contributed by atoms with E-state index in [1.54, 1.807) is 18.2 Å². The quantitative estimate of drug-likeness (QED) is 0.746. The average Bonchev–Trinajstić information content (AvgIpc) is 2.68. The summed E-state index contributed by atoms with van der Waals surface area (Å²) in [6.45, 7) is 2.50. The van der Waals surface area contributed by atoms with Gasteiger partial charge in [-0.1, -0.05) is 23.2 Å². The summed E-state index contributed by atoms with van der Waals surface area (Å²) < 4.78 is 38.4. The van der Waals surface area contributed by atoms with Gasteiger partial charge in [-0.15, -0.1) is 0 Å². The van der Waals surface area contributed by atoms with E-state index in [1.165, 1.54) is 16.6 Å². The van der Waals surface area contributed by atoms with Crippen molar-refractivity contribution in [1.82, 2.24) is 9.29 Å². The Morgan fingerprint density at radius 2 is 1.67 bits per heavy atom. The molecule has 0 unspecified atom stereocenters. The standard InChI is InChI=1S/C17H17Cl2N3O4S/c18-12-9-14(19)17(20-11-12)21-3-5-22(6-4-21)27(23,24)13-1-2-15-16(10-13)26-8-7-25-15/h1-2,9-11H,3-8H2. The number of sulfonamides is 1. The topological polar surface area (TPSA) is 72.0 Å². The molecule has 0 radical (unpaired) electrons. The van der Waals surface area contributed by atoms with Crippen LogP contribution in [0.4, 0.5) is 5.82 Å². The maximum absolute atomic E-state index is 13.0. The van der Waals surface area contributed by atoms with Crippen molar-refractivity contribution in [1.29, 1.82) is 0 Å². The predicted octanol–water partition coefficient (Wildman–Crippen LogP) is 2.67. The van der Waals surface area contributed by atoms with Crippen LogP contribution < -0.4 is 14.4 Å². The van der Waals surface area contributed by atoms with Gasteiger partial charge >= 0.3 is 0 Å². The molecule has 1 saturated heterocycles. The van der Waals surface area contributed by atoms with Crippen molar-refractivity contribution in [3.05, 3.63) is 40.5 Å². The van der Waals surface area contributed by atoms with E-state index in [1.807, 2.05) is 4.90 Å². The van der Waals surface area contributed by atoms with Gasteiger partial charge in [0.1, 0.15) is 19.0 Å². The van der Waals surface area contributed by atoms with Gasteiger partial charge in [0, 0.05) is 38.4 Å². The summed E-state index contributed by atoms with van der Waals surface area (Å²) in [5.41, 5.74) is 0. The summed E-state index contributed by atoms with van der Waals surface area (Å²) in [7, 11) is -3.62. The van der Waals surface area contributed by atoms with Crippen LogP contribution in [-0.2, 0) is 10.0 Å². The van der Waals surface area contributed by atoms with Gasteiger partial charge in [0.05, 0.1) is 14.9 Å². The Hall–Kier alpha value is -1.74. The molecule has 2 aliphatic rings. The van der Waals surface area contributed by atoms with Crippen LogP contribution in [0, 0.1) is 0 Å². The highest BCUT2D eigenvalue weighted by Crippen LogP contribution is 2.34. The molecule has 1 aromatic heterocycles. The molecule has 27 heavy (non-hydrogen) atoms. The monoisotopic (exact) mass is 429 g/mol. The van der Waals surface area contributed by atoms with Crippen LogP contribution in [0.2, 0.25) is 10.0 Å². The predicted molar refractivity (Wildman–Crippen MR) is 103 cm³/mol. The fourth-order valence-corrected chi connectivity index (χ4v) is 5.05. The maximum atomic E-state index is 13.0. The van der Waals surface area contributed by atoms with Gasteiger partial charge in [-0.25, -0.2) is 13.4 Å². The molecule has 10 heteroatoms. The number of piperazine rings is 1. The van der Waals surface area contributed by atoms with Crippen LogP contribution in [0.3, 0.4) is 0 Å². The van der Waals surface area contributed by atoms with Gasteiger partial charge in [0.15, 0.2) is 11.5 Å². The number of pyridine rings is 1. The molecule has 0 N–H and O–H groups in total. The zero-order valence-corrected chi connectivity index (χ0v) is 16.6.